The molecule has 0 fully saturated rings. The van der Waals surface area contributed by atoms with Crippen LogP contribution in [-0.2, 0) is 10.0 Å². The van der Waals surface area contributed by atoms with Crippen molar-refractivity contribution in [3.8, 4) is 0 Å². The van der Waals surface area contributed by atoms with Crippen molar-refractivity contribution in [1.82, 2.24) is 0 Å². The fourth-order valence-corrected chi connectivity index (χ4v) is 1.15. The summed E-state index contributed by atoms with van der Waals surface area (Å²) in [5.74, 6) is -1.35. The van der Waals surface area contributed by atoms with Crippen LogP contribution in [0.25, 0.3) is 5.76 Å². The number of alkyl halides is 3. The molecule has 0 spiro atoms. The summed E-state index contributed by atoms with van der Waals surface area (Å²) >= 11 is 2.57. The molecule has 0 aliphatic carbocycles. The van der Waals surface area contributed by atoms with E-state index in [0.29, 0.717) is 6.07 Å². The maximum absolute atomic E-state index is 12.8. The van der Waals surface area contributed by atoms with E-state index in [1.165, 1.54) is 0 Å². The molecule has 1 nitrogen and oxygen atoms in total. The average Bonchev–Trinajstić information content (AvgIpc) is 2.15. The first-order valence-corrected chi connectivity index (χ1v) is 4.35. The molecule has 0 heterocycles. The maximum Gasteiger partial charge on any atom is 0.419 e. The minimum absolute atomic E-state index is 0.0273. The molecule has 0 unspecified atom stereocenters. The first kappa shape index (κ1) is 12.0. The third-order valence-corrected chi connectivity index (χ3v) is 2.08. The van der Waals surface area contributed by atoms with Crippen LogP contribution in [0.4, 0.5) is 17.6 Å². The van der Waals surface area contributed by atoms with Crippen molar-refractivity contribution < 1.29 is 21.4 Å². The molecule has 0 atom stereocenters. The van der Waals surface area contributed by atoms with Crippen molar-refractivity contribution >= 4 is 22.0 Å². The van der Waals surface area contributed by atoms with Gasteiger partial charge in [0.2, 0.25) is 0 Å². The third kappa shape index (κ3) is 2.71. The molecule has 0 bridgehead atoms. The SMILES string of the molecule is C=C(OBr)c1ccc(F)c(C(F)(F)F)c1. The van der Waals surface area contributed by atoms with Gasteiger partial charge in [-0.05, 0) is 18.2 Å². The van der Waals surface area contributed by atoms with E-state index in [1.807, 2.05) is 0 Å². The van der Waals surface area contributed by atoms with E-state index < -0.39 is 17.6 Å². The molecule has 1 aromatic rings. The standard InChI is InChI=1S/C9H5BrF4O/c1-5(15-10)6-2-3-8(11)7(4-6)9(12,13)14/h2-4H,1H2. The van der Waals surface area contributed by atoms with Crippen LogP contribution >= 0.6 is 16.3 Å². The van der Waals surface area contributed by atoms with Crippen molar-refractivity contribution in [3.05, 3.63) is 41.7 Å². The summed E-state index contributed by atoms with van der Waals surface area (Å²) in [5.41, 5.74) is -1.29. The first-order chi connectivity index (χ1) is 6.86. The predicted octanol–water partition coefficient (Wildman–Crippen LogP) is 4.14. The van der Waals surface area contributed by atoms with Crippen LogP contribution in [0.2, 0.25) is 0 Å². The largest absolute Gasteiger partial charge is 0.419 e. The van der Waals surface area contributed by atoms with Crippen molar-refractivity contribution in [2.24, 2.45) is 0 Å². The molecule has 0 saturated heterocycles. The molecule has 6 heteroatoms. The van der Waals surface area contributed by atoms with E-state index in [9.17, 15) is 17.6 Å². The van der Waals surface area contributed by atoms with E-state index in [2.05, 4.69) is 26.7 Å². The van der Waals surface area contributed by atoms with Crippen LogP contribution in [0, 0.1) is 5.82 Å². The zero-order valence-electron chi connectivity index (χ0n) is 7.24. The van der Waals surface area contributed by atoms with Crippen LogP contribution in [0.3, 0.4) is 0 Å². The Balaban J connectivity index is 3.23. The summed E-state index contributed by atoms with van der Waals surface area (Å²) in [5, 5.41) is 0. The molecular formula is C9H5BrF4O. The second-order valence-electron chi connectivity index (χ2n) is 2.69. The van der Waals surface area contributed by atoms with Gasteiger partial charge in [0.25, 0.3) is 0 Å². The Morgan fingerprint density at radius 2 is 1.93 bits per heavy atom. The van der Waals surface area contributed by atoms with E-state index in [-0.39, 0.29) is 11.3 Å². The molecule has 0 amide bonds. The Kier molecular flexibility index (Phi) is 3.38. The van der Waals surface area contributed by atoms with Gasteiger partial charge < -0.3 is 3.83 Å². The van der Waals surface area contributed by atoms with Gasteiger partial charge in [0.15, 0.2) is 16.3 Å². The highest BCUT2D eigenvalue weighted by atomic mass is 79.9. The summed E-state index contributed by atoms with van der Waals surface area (Å²) < 4.78 is 54.1. The minimum atomic E-state index is -4.73. The smallest absolute Gasteiger partial charge is 0.418 e. The van der Waals surface area contributed by atoms with Gasteiger partial charge in [-0.3, -0.25) is 0 Å². The molecular weight excluding hydrogens is 280 g/mol. The highest BCUT2D eigenvalue weighted by Crippen LogP contribution is 2.33. The van der Waals surface area contributed by atoms with Gasteiger partial charge in [0.1, 0.15) is 11.6 Å². The van der Waals surface area contributed by atoms with E-state index in [4.69, 9.17) is 0 Å². The Bertz CT molecular complexity index is 386. The van der Waals surface area contributed by atoms with Crippen LogP contribution in [-0.4, -0.2) is 0 Å². The fraction of sp³-hybridized carbons (Fsp3) is 0.111. The summed E-state index contributed by atoms with van der Waals surface area (Å²) in [6.45, 7) is 3.34. The molecule has 1 rings (SSSR count). The van der Waals surface area contributed by atoms with Gasteiger partial charge in [-0.1, -0.05) is 6.58 Å². The molecule has 1 aromatic carbocycles. The number of benzene rings is 1. The first-order valence-electron chi connectivity index (χ1n) is 3.71. The summed E-state index contributed by atoms with van der Waals surface area (Å²) in [6.07, 6.45) is -4.73. The van der Waals surface area contributed by atoms with Gasteiger partial charge in [0.05, 0.1) is 5.56 Å². The molecule has 0 aliphatic heterocycles. The van der Waals surface area contributed by atoms with Crippen LogP contribution in [0.5, 0.6) is 0 Å². The quantitative estimate of drug-likeness (QED) is 0.586. The Morgan fingerprint density at radius 1 is 1.33 bits per heavy atom. The molecule has 15 heavy (non-hydrogen) atoms. The van der Waals surface area contributed by atoms with Crippen molar-refractivity contribution in [2.45, 2.75) is 6.18 Å². The average molecular weight is 285 g/mol. The summed E-state index contributed by atoms with van der Waals surface area (Å²) in [7, 11) is 0. The predicted molar refractivity (Wildman–Crippen MR) is 50.4 cm³/mol. The number of halogens is 5. The lowest BCUT2D eigenvalue weighted by Crippen LogP contribution is -2.08. The molecule has 0 aliphatic rings. The van der Waals surface area contributed by atoms with Crippen molar-refractivity contribution in [3.63, 3.8) is 0 Å². The lowest BCUT2D eigenvalue weighted by Gasteiger charge is -2.10. The van der Waals surface area contributed by atoms with Gasteiger partial charge in [-0.15, -0.1) is 0 Å². The van der Waals surface area contributed by atoms with Gasteiger partial charge in [-0.2, -0.15) is 13.2 Å². The highest BCUT2D eigenvalue weighted by Gasteiger charge is 2.34. The maximum atomic E-state index is 12.8. The third-order valence-electron chi connectivity index (χ3n) is 1.69. The zero-order chi connectivity index (χ0) is 11.6. The van der Waals surface area contributed by atoms with Crippen molar-refractivity contribution in [1.29, 1.82) is 0 Å². The Hall–Kier alpha value is -1.04. The van der Waals surface area contributed by atoms with E-state index in [1.54, 1.807) is 0 Å². The van der Waals surface area contributed by atoms with Crippen LogP contribution in [0.1, 0.15) is 11.1 Å². The summed E-state index contributed by atoms with van der Waals surface area (Å²) in [4.78, 5) is 0. The topological polar surface area (TPSA) is 9.23 Å². The number of hydrogen-bond donors (Lipinski definition) is 0. The normalized spacial score (nSPS) is 11.3. The molecule has 0 N–H and O–H groups in total. The monoisotopic (exact) mass is 284 g/mol. The van der Waals surface area contributed by atoms with Crippen LogP contribution in [0.15, 0.2) is 24.8 Å². The van der Waals surface area contributed by atoms with Gasteiger partial charge >= 0.3 is 6.18 Å². The lowest BCUT2D eigenvalue weighted by molar-refractivity contribution is -0.140. The van der Waals surface area contributed by atoms with Gasteiger partial charge in [-0.25, -0.2) is 4.39 Å². The number of rotatable bonds is 2. The second-order valence-corrected chi connectivity index (χ2v) is 3.02. The van der Waals surface area contributed by atoms with Gasteiger partial charge in [0, 0.05) is 5.56 Å². The molecule has 0 saturated carbocycles. The Morgan fingerprint density at radius 3 is 2.40 bits per heavy atom. The summed E-state index contributed by atoms with van der Waals surface area (Å²) in [6, 6.07) is 2.50. The minimum Gasteiger partial charge on any atom is -0.418 e. The molecule has 0 radical (unpaired) electrons. The van der Waals surface area contributed by atoms with E-state index in [0.717, 1.165) is 12.1 Å². The molecule has 82 valence electrons. The van der Waals surface area contributed by atoms with Crippen LogP contribution < -0.4 is 0 Å². The highest BCUT2D eigenvalue weighted by molar-refractivity contribution is 9.06. The lowest BCUT2D eigenvalue weighted by atomic mass is 10.1. The second kappa shape index (κ2) is 4.22. The fourth-order valence-electron chi connectivity index (χ4n) is 0.960. The van der Waals surface area contributed by atoms with Crippen molar-refractivity contribution in [2.75, 3.05) is 0 Å². The Labute approximate surface area is 91.8 Å². The molecule has 0 aromatic heterocycles. The number of hydrogen-bond acceptors (Lipinski definition) is 1. The zero-order valence-corrected chi connectivity index (χ0v) is 8.82. The van der Waals surface area contributed by atoms with E-state index >= 15 is 0 Å².